The van der Waals surface area contributed by atoms with Crippen LogP contribution in [0.25, 0.3) is 0 Å². The minimum absolute atomic E-state index is 0. The summed E-state index contributed by atoms with van der Waals surface area (Å²) in [5, 5.41) is 2.91. The first-order chi connectivity index (χ1) is 11.4. The number of carbonyl (C=O) groups is 2. The third kappa shape index (κ3) is 6.21. The molecule has 2 atom stereocenters. The summed E-state index contributed by atoms with van der Waals surface area (Å²) in [5.74, 6) is -0.189. The summed E-state index contributed by atoms with van der Waals surface area (Å²) in [6.07, 6.45) is 3.74. The number of rotatable bonds is 6. The Morgan fingerprint density at radius 1 is 1.36 bits per heavy atom. The summed E-state index contributed by atoms with van der Waals surface area (Å²) >= 11 is 0. The number of nitrogens with two attached hydrogens (primary N) is 1. The van der Waals surface area contributed by atoms with Crippen LogP contribution in [-0.2, 0) is 14.3 Å². The molecule has 1 aromatic carbocycles. The second kappa shape index (κ2) is 9.63. The highest BCUT2D eigenvalue weighted by Crippen LogP contribution is 2.32. The number of esters is 1. The fraction of sp³-hybridized carbons (Fsp3) is 0.556. The van der Waals surface area contributed by atoms with Crippen molar-refractivity contribution in [1.29, 1.82) is 0 Å². The molecule has 6 nitrogen and oxygen atoms in total. The largest absolute Gasteiger partial charge is 0.482 e. The number of carbonyl (C=O) groups excluding carboxylic acids is 2. The first kappa shape index (κ1) is 21.3. The molecule has 0 spiro atoms. The van der Waals surface area contributed by atoms with Crippen molar-refractivity contribution in [3.8, 4) is 5.75 Å². The number of amides is 1. The van der Waals surface area contributed by atoms with Crippen molar-refractivity contribution in [2.45, 2.75) is 45.1 Å². The van der Waals surface area contributed by atoms with Crippen LogP contribution < -0.4 is 15.8 Å². The molecule has 7 heteroatoms. The van der Waals surface area contributed by atoms with Gasteiger partial charge in [-0.3, -0.25) is 4.79 Å². The average molecular weight is 371 g/mol. The predicted octanol–water partition coefficient (Wildman–Crippen LogP) is 2.90. The quantitative estimate of drug-likeness (QED) is 0.751. The molecule has 0 aromatic heterocycles. The zero-order valence-corrected chi connectivity index (χ0v) is 15.6. The van der Waals surface area contributed by atoms with Crippen LogP contribution in [0.1, 0.15) is 39.5 Å². The second-order valence-electron chi connectivity index (χ2n) is 6.41. The number of halogens is 1. The molecule has 1 aromatic rings. The first-order valence-electron chi connectivity index (χ1n) is 8.40. The SMILES string of the molecule is CCOC(=O)COc1cccc(NC(=O)C2CCCCC2(C)N)c1.Cl. The summed E-state index contributed by atoms with van der Waals surface area (Å²) in [6.45, 7) is 3.84. The number of ether oxygens (including phenoxy) is 2. The minimum Gasteiger partial charge on any atom is -0.482 e. The Bertz CT molecular complexity index is 592. The Kier molecular flexibility index (Phi) is 8.19. The van der Waals surface area contributed by atoms with Crippen LogP contribution in [0.4, 0.5) is 5.69 Å². The first-order valence-corrected chi connectivity index (χ1v) is 8.40. The van der Waals surface area contributed by atoms with Crippen LogP contribution in [0.2, 0.25) is 0 Å². The molecule has 1 aliphatic carbocycles. The van der Waals surface area contributed by atoms with E-state index in [0.717, 1.165) is 25.7 Å². The van der Waals surface area contributed by atoms with E-state index in [1.54, 1.807) is 31.2 Å². The lowest BCUT2D eigenvalue weighted by atomic mass is 9.74. The van der Waals surface area contributed by atoms with Gasteiger partial charge < -0.3 is 20.5 Å². The molecular formula is C18H27ClN2O4. The van der Waals surface area contributed by atoms with Crippen molar-refractivity contribution < 1.29 is 19.1 Å². The Hall–Kier alpha value is -1.79. The Morgan fingerprint density at radius 2 is 2.12 bits per heavy atom. The van der Waals surface area contributed by atoms with Gasteiger partial charge in [0.1, 0.15) is 5.75 Å². The molecule has 25 heavy (non-hydrogen) atoms. The van der Waals surface area contributed by atoms with Crippen LogP contribution in [0, 0.1) is 5.92 Å². The van der Waals surface area contributed by atoms with E-state index in [1.165, 1.54) is 0 Å². The normalized spacial score (nSPS) is 22.4. The van der Waals surface area contributed by atoms with E-state index in [9.17, 15) is 9.59 Å². The van der Waals surface area contributed by atoms with Crippen molar-refractivity contribution in [3.05, 3.63) is 24.3 Å². The number of nitrogens with one attached hydrogen (secondary N) is 1. The molecule has 140 valence electrons. The standard InChI is InChI=1S/C18H26N2O4.ClH/c1-3-23-16(21)12-24-14-8-6-7-13(11-14)20-17(22)15-9-4-5-10-18(15,2)19;/h6-8,11,15H,3-5,9-10,12,19H2,1-2H3,(H,20,22);1H. The lowest BCUT2D eigenvalue weighted by molar-refractivity contribution is -0.145. The van der Waals surface area contributed by atoms with Crippen LogP contribution in [0.5, 0.6) is 5.75 Å². The van der Waals surface area contributed by atoms with Crippen molar-refractivity contribution in [3.63, 3.8) is 0 Å². The summed E-state index contributed by atoms with van der Waals surface area (Å²) < 4.78 is 10.2. The third-order valence-corrected chi connectivity index (χ3v) is 4.33. The van der Waals surface area contributed by atoms with Gasteiger partial charge in [-0.05, 0) is 38.8 Å². The monoisotopic (exact) mass is 370 g/mol. The summed E-state index contributed by atoms with van der Waals surface area (Å²) in [4.78, 5) is 23.9. The van der Waals surface area contributed by atoms with Crippen molar-refractivity contribution >= 4 is 30.0 Å². The topological polar surface area (TPSA) is 90.6 Å². The van der Waals surface area contributed by atoms with Crippen LogP contribution in [0.3, 0.4) is 0 Å². The van der Waals surface area contributed by atoms with Gasteiger partial charge in [0.25, 0.3) is 0 Å². The van der Waals surface area contributed by atoms with Gasteiger partial charge in [0, 0.05) is 17.3 Å². The Labute approximate surface area is 154 Å². The highest BCUT2D eigenvalue weighted by molar-refractivity contribution is 5.93. The van der Waals surface area contributed by atoms with Gasteiger partial charge in [0.05, 0.1) is 12.5 Å². The molecule has 0 bridgehead atoms. The van der Waals surface area contributed by atoms with Crippen molar-refractivity contribution in [2.24, 2.45) is 11.7 Å². The minimum atomic E-state index is -0.472. The fourth-order valence-corrected chi connectivity index (χ4v) is 3.03. The zero-order valence-electron chi connectivity index (χ0n) is 14.7. The van der Waals surface area contributed by atoms with E-state index in [4.69, 9.17) is 15.2 Å². The average Bonchev–Trinajstić information content (AvgIpc) is 2.53. The van der Waals surface area contributed by atoms with Gasteiger partial charge >= 0.3 is 5.97 Å². The number of hydrogen-bond acceptors (Lipinski definition) is 5. The highest BCUT2D eigenvalue weighted by Gasteiger charge is 2.37. The molecule has 2 unspecified atom stereocenters. The summed E-state index contributed by atoms with van der Waals surface area (Å²) in [5.41, 5.74) is 6.43. The lowest BCUT2D eigenvalue weighted by Gasteiger charge is -2.37. The molecule has 0 saturated heterocycles. The van der Waals surface area contributed by atoms with E-state index < -0.39 is 11.5 Å². The van der Waals surface area contributed by atoms with Crippen LogP contribution in [0.15, 0.2) is 24.3 Å². The molecule has 1 amide bonds. The van der Waals surface area contributed by atoms with E-state index in [-0.39, 0.29) is 30.8 Å². The number of benzene rings is 1. The molecular weight excluding hydrogens is 344 g/mol. The fourth-order valence-electron chi connectivity index (χ4n) is 3.03. The zero-order chi connectivity index (χ0) is 17.6. The maximum atomic E-state index is 12.5. The predicted molar refractivity (Wildman–Crippen MR) is 99.0 cm³/mol. The lowest BCUT2D eigenvalue weighted by Crippen LogP contribution is -2.51. The maximum absolute atomic E-state index is 12.5. The molecule has 3 N–H and O–H groups in total. The Balaban J connectivity index is 0.00000312. The highest BCUT2D eigenvalue weighted by atomic mass is 35.5. The molecule has 0 heterocycles. The number of anilines is 1. The number of hydrogen-bond donors (Lipinski definition) is 2. The molecule has 1 fully saturated rings. The third-order valence-electron chi connectivity index (χ3n) is 4.33. The van der Waals surface area contributed by atoms with E-state index in [2.05, 4.69) is 5.32 Å². The molecule has 1 aliphatic rings. The van der Waals surface area contributed by atoms with E-state index >= 15 is 0 Å². The maximum Gasteiger partial charge on any atom is 0.344 e. The van der Waals surface area contributed by atoms with Gasteiger partial charge in [0.15, 0.2) is 6.61 Å². The van der Waals surface area contributed by atoms with Crippen LogP contribution in [-0.4, -0.2) is 30.6 Å². The second-order valence-corrected chi connectivity index (χ2v) is 6.41. The molecule has 1 saturated carbocycles. The van der Waals surface area contributed by atoms with Gasteiger partial charge in [-0.25, -0.2) is 4.79 Å². The van der Waals surface area contributed by atoms with E-state index in [0.29, 0.717) is 18.0 Å². The van der Waals surface area contributed by atoms with Crippen molar-refractivity contribution in [1.82, 2.24) is 0 Å². The molecule has 2 rings (SSSR count). The van der Waals surface area contributed by atoms with Gasteiger partial charge in [-0.15, -0.1) is 12.4 Å². The van der Waals surface area contributed by atoms with E-state index in [1.807, 2.05) is 6.92 Å². The van der Waals surface area contributed by atoms with Crippen molar-refractivity contribution in [2.75, 3.05) is 18.5 Å². The molecule has 0 radical (unpaired) electrons. The van der Waals surface area contributed by atoms with Gasteiger partial charge in [0.2, 0.25) is 5.91 Å². The summed E-state index contributed by atoms with van der Waals surface area (Å²) in [7, 11) is 0. The molecule has 0 aliphatic heterocycles. The summed E-state index contributed by atoms with van der Waals surface area (Å²) in [6, 6.07) is 6.96. The van der Waals surface area contributed by atoms with Gasteiger partial charge in [-0.2, -0.15) is 0 Å². The smallest absolute Gasteiger partial charge is 0.344 e. The van der Waals surface area contributed by atoms with Gasteiger partial charge in [-0.1, -0.05) is 18.9 Å². The van der Waals surface area contributed by atoms with Crippen LogP contribution >= 0.6 is 12.4 Å². The Morgan fingerprint density at radius 3 is 2.80 bits per heavy atom.